The fourth-order valence-corrected chi connectivity index (χ4v) is 1.73. The van der Waals surface area contributed by atoms with Crippen LogP contribution < -0.4 is 0 Å². The van der Waals surface area contributed by atoms with Gasteiger partial charge in [0.1, 0.15) is 5.65 Å². The minimum atomic E-state index is 0.574. The molecule has 78 valence electrons. The molecule has 0 unspecified atom stereocenters. The Labute approximate surface area is 94.2 Å². The summed E-state index contributed by atoms with van der Waals surface area (Å²) in [6.45, 7) is 2.10. The van der Waals surface area contributed by atoms with Crippen molar-refractivity contribution in [3.63, 3.8) is 0 Å². The predicted octanol–water partition coefficient (Wildman–Crippen LogP) is 3.37. The molecule has 2 heterocycles. The van der Waals surface area contributed by atoms with E-state index in [1.165, 1.54) is 5.57 Å². The first-order chi connectivity index (χ1) is 7.33. The van der Waals surface area contributed by atoms with Crippen molar-refractivity contribution in [2.45, 2.75) is 13.3 Å². The van der Waals surface area contributed by atoms with Gasteiger partial charge in [-0.1, -0.05) is 18.6 Å². The van der Waals surface area contributed by atoms with E-state index < -0.39 is 0 Å². The standard InChI is InChI=1S/C12H13ClN2/c1-2-10(8-13)7-11-9-15-6-4-3-5-12(15)14-11/h3-7,9H,2,8H2,1H3. The summed E-state index contributed by atoms with van der Waals surface area (Å²) in [6, 6.07) is 5.96. The van der Waals surface area contributed by atoms with Gasteiger partial charge in [-0.2, -0.15) is 0 Å². The van der Waals surface area contributed by atoms with Crippen LogP contribution in [-0.4, -0.2) is 15.3 Å². The predicted molar refractivity (Wildman–Crippen MR) is 64.2 cm³/mol. The van der Waals surface area contributed by atoms with Crippen molar-refractivity contribution in [1.82, 2.24) is 9.38 Å². The summed E-state index contributed by atoms with van der Waals surface area (Å²) in [4.78, 5) is 4.48. The Morgan fingerprint density at radius 2 is 2.40 bits per heavy atom. The van der Waals surface area contributed by atoms with Crippen molar-refractivity contribution in [2.24, 2.45) is 0 Å². The molecule has 15 heavy (non-hydrogen) atoms. The Bertz CT molecular complexity index is 446. The fraction of sp³-hybridized carbons (Fsp3) is 0.250. The smallest absolute Gasteiger partial charge is 0.137 e. The molecular weight excluding hydrogens is 208 g/mol. The Morgan fingerprint density at radius 1 is 1.53 bits per heavy atom. The molecule has 0 atom stereocenters. The number of hydrogen-bond donors (Lipinski definition) is 0. The lowest BCUT2D eigenvalue weighted by Crippen LogP contribution is -1.82. The van der Waals surface area contributed by atoms with Crippen molar-refractivity contribution < 1.29 is 0 Å². The molecule has 2 aromatic heterocycles. The van der Waals surface area contributed by atoms with E-state index in [1.54, 1.807) is 0 Å². The third kappa shape index (κ3) is 2.21. The molecule has 0 saturated carbocycles. The van der Waals surface area contributed by atoms with Crippen molar-refractivity contribution in [2.75, 3.05) is 5.88 Å². The molecule has 0 bridgehead atoms. The highest BCUT2D eigenvalue weighted by atomic mass is 35.5. The van der Waals surface area contributed by atoms with Gasteiger partial charge in [-0.25, -0.2) is 4.98 Å². The summed E-state index contributed by atoms with van der Waals surface area (Å²) in [5.74, 6) is 0.574. The normalized spacial score (nSPS) is 12.3. The van der Waals surface area contributed by atoms with E-state index in [2.05, 4.69) is 18.0 Å². The van der Waals surface area contributed by atoms with Gasteiger partial charge in [0.25, 0.3) is 0 Å². The number of pyridine rings is 1. The summed E-state index contributed by atoms with van der Waals surface area (Å²) in [6.07, 6.45) is 7.03. The second-order valence-electron chi connectivity index (χ2n) is 3.42. The number of rotatable bonds is 3. The molecule has 3 heteroatoms. The first kappa shape index (κ1) is 10.2. The number of halogens is 1. The van der Waals surface area contributed by atoms with Crippen LogP contribution in [0.15, 0.2) is 36.2 Å². The lowest BCUT2D eigenvalue weighted by atomic mass is 10.2. The molecule has 2 nitrogen and oxygen atoms in total. The van der Waals surface area contributed by atoms with Crippen LogP contribution in [0, 0.1) is 0 Å². The maximum atomic E-state index is 5.81. The van der Waals surface area contributed by atoms with Crippen LogP contribution in [0.5, 0.6) is 0 Å². The average molecular weight is 221 g/mol. The van der Waals surface area contributed by atoms with E-state index in [0.29, 0.717) is 5.88 Å². The number of alkyl halides is 1. The van der Waals surface area contributed by atoms with E-state index in [-0.39, 0.29) is 0 Å². The van der Waals surface area contributed by atoms with Crippen LogP contribution in [0.1, 0.15) is 19.0 Å². The largest absolute Gasteiger partial charge is 0.306 e. The zero-order chi connectivity index (χ0) is 10.7. The Hall–Kier alpha value is -1.28. The van der Waals surface area contributed by atoms with Crippen molar-refractivity contribution in [3.8, 4) is 0 Å². The molecule has 0 N–H and O–H groups in total. The molecule has 0 aliphatic heterocycles. The van der Waals surface area contributed by atoms with Crippen molar-refractivity contribution in [1.29, 1.82) is 0 Å². The van der Waals surface area contributed by atoms with Gasteiger partial charge in [-0.05, 0) is 24.6 Å². The number of allylic oxidation sites excluding steroid dienone is 1. The Kier molecular flexibility index (Phi) is 3.07. The summed E-state index contributed by atoms with van der Waals surface area (Å²) in [5.41, 5.74) is 3.15. The topological polar surface area (TPSA) is 17.3 Å². The molecule has 2 rings (SSSR count). The lowest BCUT2D eigenvalue weighted by Gasteiger charge is -1.94. The summed E-state index contributed by atoms with van der Waals surface area (Å²) < 4.78 is 2.01. The number of nitrogens with zero attached hydrogens (tertiary/aromatic N) is 2. The quantitative estimate of drug-likeness (QED) is 0.725. The average Bonchev–Trinajstić information content (AvgIpc) is 2.68. The highest BCUT2D eigenvalue weighted by Gasteiger charge is 1.99. The number of aromatic nitrogens is 2. The third-order valence-corrected chi connectivity index (χ3v) is 2.70. The highest BCUT2D eigenvalue weighted by Crippen LogP contribution is 2.11. The van der Waals surface area contributed by atoms with Gasteiger partial charge in [0.05, 0.1) is 5.69 Å². The molecule has 2 aromatic rings. The first-order valence-electron chi connectivity index (χ1n) is 5.02. The highest BCUT2D eigenvalue weighted by molar-refractivity contribution is 6.19. The molecule has 0 spiro atoms. The van der Waals surface area contributed by atoms with Gasteiger partial charge in [-0.3, -0.25) is 0 Å². The van der Waals surface area contributed by atoms with Crippen LogP contribution in [0.4, 0.5) is 0 Å². The number of imidazole rings is 1. The van der Waals surface area contributed by atoms with Gasteiger partial charge in [0.2, 0.25) is 0 Å². The maximum Gasteiger partial charge on any atom is 0.137 e. The molecule has 0 amide bonds. The summed E-state index contributed by atoms with van der Waals surface area (Å²) in [5, 5.41) is 0. The van der Waals surface area contributed by atoms with E-state index in [0.717, 1.165) is 17.8 Å². The second-order valence-corrected chi connectivity index (χ2v) is 3.69. The molecule has 0 radical (unpaired) electrons. The molecule has 0 saturated heterocycles. The Balaban J connectivity index is 2.40. The second kappa shape index (κ2) is 4.49. The van der Waals surface area contributed by atoms with Crippen LogP contribution in [-0.2, 0) is 0 Å². The maximum absolute atomic E-state index is 5.81. The molecular formula is C12H13ClN2. The van der Waals surface area contributed by atoms with E-state index in [4.69, 9.17) is 11.6 Å². The van der Waals surface area contributed by atoms with Crippen molar-refractivity contribution in [3.05, 3.63) is 41.9 Å². The Morgan fingerprint density at radius 3 is 3.07 bits per heavy atom. The van der Waals surface area contributed by atoms with Crippen LogP contribution in [0.25, 0.3) is 11.7 Å². The minimum Gasteiger partial charge on any atom is -0.306 e. The van der Waals surface area contributed by atoms with Crippen LogP contribution in [0.3, 0.4) is 0 Å². The van der Waals surface area contributed by atoms with Gasteiger partial charge in [0.15, 0.2) is 0 Å². The fourth-order valence-electron chi connectivity index (χ4n) is 1.47. The zero-order valence-corrected chi connectivity index (χ0v) is 9.41. The minimum absolute atomic E-state index is 0.574. The zero-order valence-electron chi connectivity index (χ0n) is 8.65. The molecule has 0 fully saturated rings. The SMILES string of the molecule is CCC(=Cc1cn2ccccc2n1)CCl. The van der Waals surface area contributed by atoms with E-state index >= 15 is 0 Å². The van der Waals surface area contributed by atoms with Gasteiger partial charge >= 0.3 is 0 Å². The molecule has 0 aliphatic rings. The molecule has 0 aromatic carbocycles. The number of fused-ring (bicyclic) bond motifs is 1. The van der Waals surface area contributed by atoms with Gasteiger partial charge in [-0.15, -0.1) is 11.6 Å². The third-order valence-electron chi connectivity index (χ3n) is 2.36. The van der Waals surface area contributed by atoms with E-state index in [1.807, 2.05) is 35.0 Å². The summed E-state index contributed by atoms with van der Waals surface area (Å²) >= 11 is 5.81. The molecule has 0 aliphatic carbocycles. The van der Waals surface area contributed by atoms with Gasteiger partial charge < -0.3 is 4.40 Å². The summed E-state index contributed by atoms with van der Waals surface area (Å²) in [7, 11) is 0. The first-order valence-corrected chi connectivity index (χ1v) is 5.56. The lowest BCUT2D eigenvalue weighted by molar-refractivity contribution is 1.11. The van der Waals surface area contributed by atoms with E-state index in [9.17, 15) is 0 Å². The monoisotopic (exact) mass is 220 g/mol. The van der Waals surface area contributed by atoms with Crippen LogP contribution in [0.2, 0.25) is 0 Å². The van der Waals surface area contributed by atoms with Crippen LogP contribution >= 0.6 is 11.6 Å². The van der Waals surface area contributed by atoms with Crippen molar-refractivity contribution >= 4 is 23.3 Å². The number of hydrogen-bond acceptors (Lipinski definition) is 1. The van der Waals surface area contributed by atoms with Gasteiger partial charge in [0, 0.05) is 18.3 Å².